The zero-order chi connectivity index (χ0) is 17.3. The molecule has 2 fully saturated rings. The first-order valence-electron chi connectivity index (χ1n) is 7.60. The van der Waals surface area contributed by atoms with Gasteiger partial charge in [-0.2, -0.15) is 13.2 Å². The SMILES string of the molecule is CN1C(=O)N[C@@](C)([C@H]2CCCN(CCOCC(F)(F)F)C2)C1=O. The molecule has 9 heteroatoms. The van der Waals surface area contributed by atoms with Gasteiger partial charge in [0.25, 0.3) is 5.91 Å². The number of likely N-dealkylation sites (N-methyl/N-ethyl adjacent to an activating group) is 1. The van der Waals surface area contributed by atoms with Crippen molar-refractivity contribution in [1.29, 1.82) is 0 Å². The summed E-state index contributed by atoms with van der Waals surface area (Å²) in [4.78, 5) is 27.0. The first kappa shape index (κ1) is 18.0. The molecule has 23 heavy (non-hydrogen) atoms. The average molecular weight is 337 g/mol. The Kier molecular flexibility index (Phi) is 5.20. The highest BCUT2D eigenvalue weighted by atomic mass is 19.4. The molecule has 2 aliphatic rings. The van der Waals surface area contributed by atoms with E-state index in [-0.39, 0.29) is 18.4 Å². The summed E-state index contributed by atoms with van der Waals surface area (Å²) in [7, 11) is 1.44. The van der Waals surface area contributed by atoms with Crippen LogP contribution >= 0.6 is 0 Å². The molecule has 6 nitrogen and oxygen atoms in total. The van der Waals surface area contributed by atoms with Gasteiger partial charge in [-0.05, 0) is 26.3 Å². The summed E-state index contributed by atoms with van der Waals surface area (Å²) in [6, 6.07) is -0.414. The minimum Gasteiger partial charge on any atom is -0.371 e. The van der Waals surface area contributed by atoms with Gasteiger partial charge in [-0.1, -0.05) is 0 Å². The number of alkyl halides is 3. The van der Waals surface area contributed by atoms with Crippen LogP contribution in [0.1, 0.15) is 19.8 Å². The lowest BCUT2D eigenvalue weighted by atomic mass is 9.80. The maximum absolute atomic E-state index is 12.3. The van der Waals surface area contributed by atoms with Crippen LogP contribution in [0, 0.1) is 5.92 Å². The number of rotatable bonds is 5. The van der Waals surface area contributed by atoms with Crippen molar-refractivity contribution in [3.8, 4) is 0 Å². The zero-order valence-corrected chi connectivity index (χ0v) is 13.3. The summed E-state index contributed by atoms with van der Waals surface area (Å²) in [5, 5.41) is 2.74. The molecule has 0 spiro atoms. The Hall–Kier alpha value is -1.35. The summed E-state index contributed by atoms with van der Waals surface area (Å²) >= 11 is 0. The fourth-order valence-electron chi connectivity index (χ4n) is 3.19. The Morgan fingerprint density at radius 3 is 2.65 bits per heavy atom. The van der Waals surface area contributed by atoms with E-state index in [1.807, 2.05) is 4.90 Å². The van der Waals surface area contributed by atoms with Crippen molar-refractivity contribution in [1.82, 2.24) is 15.1 Å². The molecule has 2 rings (SSSR count). The number of piperidine rings is 1. The molecular weight excluding hydrogens is 315 g/mol. The second kappa shape index (κ2) is 6.64. The second-order valence-corrected chi connectivity index (χ2v) is 6.30. The molecule has 2 aliphatic heterocycles. The van der Waals surface area contributed by atoms with Crippen molar-refractivity contribution in [2.75, 3.05) is 39.9 Å². The van der Waals surface area contributed by atoms with Gasteiger partial charge >= 0.3 is 12.2 Å². The summed E-state index contributed by atoms with van der Waals surface area (Å²) < 4.78 is 40.7. The third-order valence-electron chi connectivity index (χ3n) is 4.56. The van der Waals surface area contributed by atoms with E-state index >= 15 is 0 Å². The van der Waals surface area contributed by atoms with Crippen molar-refractivity contribution in [3.63, 3.8) is 0 Å². The number of imide groups is 1. The lowest BCUT2D eigenvalue weighted by Crippen LogP contribution is -2.56. The summed E-state index contributed by atoms with van der Waals surface area (Å²) in [6.07, 6.45) is -2.70. The number of nitrogens with one attached hydrogen (secondary N) is 1. The third kappa shape index (κ3) is 4.14. The molecule has 1 N–H and O–H groups in total. The van der Waals surface area contributed by atoms with Gasteiger partial charge in [-0.15, -0.1) is 0 Å². The van der Waals surface area contributed by atoms with Gasteiger partial charge in [0, 0.05) is 26.1 Å². The molecule has 0 saturated carbocycles. The van der Waals surface area contributed by atoms with Crippen molar-refractivity contribution < 1.29 is 27.5 Å². The van der Waals surface area contributed by atoms with Gasteiger partial charge in [0.1, 0.15) is 12.1 Å². The van der Waals surface area contributed by atoms with E-state index in [2.05, 4.69) is 10.1 Å². The van der Waals surface area contributed by atoms with Crippen molar-refractivity contribution in [3.05, 3.63) is 0 Å². The molecule has 2 heterocycles. The van der Waals surface area contributed by atoms with Crippen LogP contribution in [0.15, 0.2) is 0 Å². The summed E-state index contributed by atoms with van der Waals surface area (Å²) in [5.74, 6) is -0.331. The van der Waals surface area contributed by atoms with E-state index in [1.165, 1.54) is 7.05 Å². The quantitative estimate of drug-likeness (QED) is 0.605. The van der Waals surface area contributed by atoms with Crippen LogP contribution in [0.25, 0.3) is 0 Å². The predicted octanol–water partition coefficient (Wildman–Crippen LogP) is 1.22. The molecule has 0 bridgehead atoms. The molecule has 0 radical (unpaired) electrons. The molecule has 3 amide bonds. The Morgan fingerprint density at radius 2 is 2.09 bits per heavy atom. The number of carbonyl (C=O) groups excluding carboxylic acids is 2. The van der Waals surface area contributed by atoms with Gasteiger partial charge in [0.15, 0.2) is 0 Å². The van der Waals surface area contributed by atoms with Gasteiger partial charge < -0.3 is 15.0 Å². The molecular formula is C14H22F3N3O3. The average Bonchev–Trinajstić information content (AvgIpc) is 2.68. The Bertz CT molecular complexity index is 472. The lowest BCUT2D eigenvalue weighted by molar-refractivity contribution is -0.174. The van der Waals surface area contributed by atoms with Crippen molar-refractivity contribution in [2.24, 2.45) is 5.92 Å². The fourth-order valence-corrected chi connectivity index (χ4v) is 3.19. The number of amides is 3. The fraction of sp³-hybridized carbons (Fsp3) is 0.857. The minimum atomic E-state index is -4.32. The van der Waals surface area contributed by atoms with E-state index in [4.69, 9.17) is 0 Å². The van der Waals surface area contributed by atoms with E-state index in [0.717, 1.165) is 24.3 Å². The first-order chi connectivity index (χ1) is 10.6. The monoisotopic (exact) mass is 337 g/mol. The number of hydrogen-bond acceptors (Lipinski definition) is 4. The topological polar surface area (TPSA) is 61.9 Å². The number of ether oxygens (including phenoxy) is 1. The van der Waals surface area contributed by atoms with E-state index in [9.17, 15) is 22.8 Å². The zero-order valence-electron chi connectivity index (χ0n) is 13.3. The van der Waals surface area contributed by atoms with Crippen molar-refractivity contribution in [2.45, 2.75) is 31.5 Å². The van der Waals surface area contributed by atoms with Crippen LogP contribution in [0.4, 0.5) is 18.0 Å². The van der Waals surface area contributed by atoms with Crippen LogP contribution in [0.3, 0.4) is 0 Å². The summed E-state index contributed by atoms with van der Waals surface area (Å²) in [5.41, 5.74) is -0.947. The Labute approximate surface area is 132 Å². The van der Waals surface area contributed by atoms with Gasteiger partial charge in [0.05, 0.1) is 6.61 Å². The number of carbonyl (C=O) groups is 2. The normalized spacial score (nSPS) is 30.0. The first-order valence-corrected chi connectivity index (χ1v) is 7.60. The molecule has 2 saturated heterocycles. The van der Waals surface area contributed by atoms with Gasteiger partial charge in [0.2, 0.25) is 0 Å². The largest absolute Gasteiger partial charge is 0.411 e. The van der Waals surface area contributed by atoms with E-state index in [1.54, 1.807) is 6.92 Å². The highest BCUT2D eigenvalue weighted by Gasteiger charge is 2.51. The Morgan fingerprint density at radius 1 is 1.39 bits per heavy atom. The number of hydrogen-bond donors (Lipinski definition) is 1. The van der Waals surface area contributed by atoms with Crippen LogP contribution in [0.2, 0.25) is 0 Å². The van der Waals surface area contributed by atoms with Crippen LogP contribution in [0.5, 0.6) is 0 Å². The predicted molar refractivity (Wildman–Crippen MR) is 75.7 cm³/mol. The molecule has 2 atom stereocenters. The molecule has 0 aromatic carbocycles. The Balaban J connectivity index is 1.86. The third-order valence-corrected chi connectivity index (χ3v) is 4.56. The van der Waals surface area contributed by atoms with Crippen LogP contribution in [-0.4, -0.2) is 73.3 Å². The number of urea groups is 1. The van der Waals surface area contributed by atoms with Crippen LogP contribution in [-0.2, 0) is 9.53 Å². The minimum absolute atomic E-state index is 0.0108. The molecule has 0 unspecified atom stereocenters. The number of halogens is 3. The standard InChI is InChI=1S/C14H22F3N3O3/c1-13(11(21)19(2)12(22)18-13)10-4-3-5-20(8-10)6-7-23-9-14(15,16)17/h10H,3-9H2,1-2H3,(H,18,22)/t10-,13-/m0/s1. The van der Waals surface area contributed by atoms with E-state index in [0.29, 0.717) is 13.1 Å². The summed E-state index contributed by atoms with van der Waals surface area (Å²) in [6.45, 7) is 2.13. The highest BCUT2D eigenvalue weighted by molar-refractivity contribution is 6.06. The van der Waals surface area contributed by atoms with Crippen LogP contribution < -0.4 is 5.32 Å². The highest BCUT2D eigenvalue weighted by Crippen LogP contribution is 2.31. The maximum atomic E-state index is 12.3. The maximum Gasteiger partial charge on any atom is 0.411 e. The number of likely N-dealkylation sites (tertiary alicyclic amines) is 1. The van der Waals surface area contributed by atoms with Gasteiger partial charge in [-0.25, -0.2) is 4.79 Å². The molecule has 0 aromatic heterocycles. The molecule has 132 valence electrons. The van der Waals surface area contributed by atoms with Crippen molar-refractivity contribution >= 4 is 11.9 Å². The number of nitrogens with zero attached hydrogens (tertiary/aromatic N) is 2. The smallest absolute Gasteiger partial charge is 0.371 e. The molecule has 0 aliphatic carbocycles. The molecule has 0 aromatic rings. The van der Waals surface area contributed by atoms with Gasteiger partial charge in [-0.3, -0.25) is 9.69 Å². The lowest BCUT2D eigenvalue weighted by Gasteiger charge is -2.39. The van der Waals surface area contributed by atoms with E-state index < -0.39 is 24.4 Å². The second-order valence-electron chi connectivity index (χ2n) is 6.30.